The van der Waals surface area contributed by atoms with Crippen LogP contribution < -0.4 is 16.1 Å². The van der Waals surface area contributed by atoms with Crippen LogP contribution in [0.1, 0.15) is 37.4 Å². The molecule has 32 heavy (non-hydrogen) atoms. The molecule has 1 aliphatic rings. The number of anilines is 2. The van der Waals surface area contributed by atoms with E-state index < -0.39 is 11.8 Å². The van der Waals surface area contributed by atoms with E-state index in [9.17, 15) is 14.0 Å². The Labute approximate surface area is 187 Å². The van der Waals surface area contributed by atoms with Crippen molar-refractivity contribution in [3.63, 3.8) is 0 Å². The number of piperidine rings is 1. The minimum Gasteiger partial charge on any atom is -0.306 e. The van der Waals surface area contributed by atoms with Crippen molar-refractivity contribution in [3.05, 3.63) is 53.6 Å². The smallest absolute Gasteiger partial charge is 0.306 e. The summed E-state index contributed by atoms with van der Waals surface area (Å²) in [6.45, 7) is 6.29. The number of benzene rings is 1. The molecule has 3 amide bonds. The Kier molecular flexibility index (Phi) is 8.52. The lowest BCUT2D eigenvalue weighted by molar-refractivity contribution is -0.131. The van der Waals surface area contributed by atoms with Crippen LogP contribution in [0, 0.1) is 18.7 Å². The van der Waals surface area contributed by atoms with Gasteiger partial charge in [-0.05, 0) is 68.5 Å². The molecule has 8 nitrogen and oxygen atoms in total. The van der Waals surface area contributed by atoms with Crippen molar-refractivity contribution in [1.29, 1.82) is 0 Å². The van der Waals surface area contributed by atoms with Gasteiger partial charge in [0.05, 0.1) is 24.2 Å². The van der Waals surface area contributed by atoms with Crippen LogP contribution in [0.4, 0.5) is 20.6 Å². The normalized spacial score (nSPS) is 16.4. The highest BCUT2D eigenvalue weighted by atomic mass is 19.1. The average Bonchev–Trinajstić information content (AvgIpc) is 2.75. The molecule has 0 saturated carbocycles. The van der Waals surface area contributed by atoms with E-state index in [1.807, 2.05) is 6.92 Å². The fourth-order valence-electron chi connectivity index (χ4n) is 3.76. The zero-order valence-electron chi connectivity index (χ0n) is 18.5. The lowest BCUT2D eigenvalue weighted by atomic mass is 9.95. The number of nitrogens with one attached hydrogen (secondary N) is 3. The lowest BCUT2D eigenvalue weighted by Gasteiger charge is -2.32. The maximum Gasteiger partial charge on any atom is 0.323 e. The number of pyridine rings is 1. The van der Waals surface area contributed by atoms with Crippen molar-refractivity contribution < 1.29 is 18.8 Å². The number of carbonyl (C=O) groups excluding carboxylic acids is 2. The van der Waals surface area contributed by atoms with E-state index in [1.54, 1.807) is 30.5 Å². The minimum absolute atomic E-state index is 0.136. The van der Waals surface area contributed by atoms with Gasteiger partial charge in [-0.15, -0.1) is 0 Å². The first kappa shape index (κ1) is 23.6. The monoisotopic (exact) mass is 443 g/mol. The number of aromatic nitrogens is 1. The Morgan fingerprint density at radius 1 is 1.25 bits per heavy atom. The van der Waals surface area contributed by atoms with E-state index in [2.05, 4.69) is 26.0 Å². The molecular formula is C23H30FN5O3. The summed E-state index contributed by atoms with van der Waals surface area (Å²) in [5, 5.41) is 5.24. The van der Waals surface area contributed by atoms with Crippen LogP contribution in [0.3, 0.4) is 0 Å². The summed E-state index contributed by atoms with van der Waals surface area (Å²) in [5.74, 6) is -0.220. The van der Waals surface area contributed by atoms with Crippen molar-refractivity contribution in [1.82, 2.24) is 15.4 Å². The molecule has 9 heteroatoms. The molecule has 2 heterocycles. The second-order valence-electron chi connectivity index (χ2n) is 8.12. The number of rotatable bonds is 8. The first-order chi connectivity index (χ1) is 15.4. The average molecular weight is 444 g/mol. The van der Waals surface area contributed by atoms with Crippen molar-refractivity contribution in [3.8, 4) is 0 Å². The minimum atomic E-state index is -0.524. The van der Waals surface area contributed by atoms with E-state index >= 15 is 0 Å². The predicted molar refractivity (Wildman–Crippen MR) is 120 cm³/mol. The fraction of sp³-hybridized carbons (Fsp3) is 0.435. The molecule has 3 N–H and O–H groups in total. The SMILES string of the molecule is CC(=O)NOCC[C@@H]1CCCN(Cc2ccc(F)c(NC(=O)Nc3ccc(C)nc3)c2)C1. The van der Waals surface area contributed by atoms with Gasteiger partial charge < -0.3 is 10.6 Å². The van der Waals surface area contributed by atoms with Crippen molar-refractivity contribution >= 4 is 23.3 Å². The topological polar surface area (TPSA) is 95.6 Å². The summed E-state index contributed by atoms with van der Waals surface area (Å²) in [5.41, 5.74) is 4.79. The summed E-state index contributed by atoms with van der Waals surface area (Å²) >= 11 is 0. The largest absolute Gasteiger partial charge is 0.323 e. The first-order valence-corrected chi connectivity index (χ1v) is 10.8. The zero-order chi connectivity index (χ0) is 22.9. The maximum atomic E-state index is 14.3. The molecule has 0 unspecified atom stereocenters. The van der Waals surface area contributed by atoms with E-state index in [4.69, 9.17) is 4.84 Å². The number of hydroxylamine groups is 1. The van der Waals surface area contributed by atoms with Crippen molar-refractivity contribution in [2.45, 2.75) is 39.7 Å². The third-order valence-corrected chi connectivity index (χ3v) is 5.30. The van der Waals surface area contributed by atoms with Crippen molar-refractivity contribution in [2.24, 2.45) is 5.92 Å². The number of carbonyl (C=O) groups is 2. The predicted octanol–water partition coefficient (Wildman–Crippen LogP) is 3.84. The van der Waals surface area contributed by atoms with Gasteiger partial charge in [0, 0.05) is 25.7 Å². The summed E-state index contributed by atoms with van der Waals surface area (Å²) < 4.78 is 14.3. The fourth-order valence-corrected chi connectivity index (χ4v) is 3.76. The van der Waals surface area contributed by atoms with E-state index in [-0.39, 0.29) is 11.6 Å². The standard InChI is InChI=1S/C23H30FN5O3/c1-16-5-7-20(13-25-16)26-23(31)27-22-12-19(6-8-21(22)24)15-29-10-3-4-18(14-29)9-11-32-28-17(2)30/h5-8,12-13,18H,3-4,9-11,14-15H2,1-2H3,(H,28,30)(H2,26,27,31)/t18-/m0/s1. The van der Waals surface area contributed by atoms with E-state index in [0.29, 0.717) is 24.8 Å². The highest BCUT2D eigenvalue weighted by Crippen LogP contribution is 2.23. The number of urea groups is 1. The summed E-state index contributed by atoms with van der Waals surface area (Å²) in [6, 6.07) is 7.79. The molecule has 3 rings (SSSR count). The Morgan fingerprint density at radius 3 is 2.84 bits per heavy atom. The van der Waals surface area contributed by atoms with Gasteiger partial charge in [0.1, 0.15) is 5.82 Å². The third kappa shape index (κ3) is 7.58. The molecule has 0 spiro atoms. The van der Waals surface area contributed by atoms with E-state index in [1.165, 1.54) is 13.0 Å². The Hall–Kier alpha value is -3.04. The lowest BCUT2D eigenvalue weighted by Crippen LogP contribution is -2.35. The highest BCUT2D eigenvalue weighted by Gasteiger charge is 2.20. The number of hydrogen-bond acceptors (Lipinski definition) is 5. The molecule has 1 aliphatic heterocycles. The number of amides is 3. The zero-order valence-corrected chi connectivity index (χ0v) is 18.5. The molecule has 2 aromatic rings. The van der Waals surface area contributed by atoms with Gasteiger partial charge in [-0.1, -0.05) is 6.07 Å². The maximum absolute atomic E-state index is 14.3. The van der Waals surface area contributed by atoms with Crippen molar-refractivity contribution in [2.75, 3.05) is 30.3 Å². The van der Waals surface area contributed by atoms with Crippen LogP contribution in [-0.4, -0.2) is 41.5 Å². The van der Waals surface area contributed by atoms with Crippen LogP contribution in [0.25, 0.3) is 0 Å². The van der Waals surface area contributed by atoms with Gasteiger partial charge in [0.2, 0.25) is 5.91 Å². The third-order valence-electron chi connectivity index (χ3n) is 5.30. The molecule has 0 bridgehead atoms. The summed E-state index contributed by atoms with van der Waals surface area (Å²) in [4.78, 5) is 34.7. The molecule has 1 fully saturated rings. The van der Waals surface area contributed by atoms with Crippen LogP contribution in [0.15, 0.2) is 36.5 Å². The molecule has 0 radical (unpaired) electrons. The van der Waals surface area contributed by atoms with Gasteiger partial charge in [0.25, 0.3) is 0 Å². The first-order valence-electron chi connectivity index (χ1n) is 10.8. The van der Waals surface area contributed by atoms with Crippen LogP contribution in [0.2, 0.25) is 0 Å². The van der Waals surface area contributed by atoms with Crippen LogP contribution in [0.5, 0.6) is 0 Å². The van der Waals surface area contributed by atoms with Gasteiger partial charge in [-0.3, -0.25) is 19.5 Å². The molecule has 0 aliphatic carbocycles. The number of hydrogen-bond donors (Lipinski definition) is 3. The number of halogens is 1. The number of nitrogens with zero attached hydrogens (tertiary/aromatic N) is 2. The highest BCUT2D eigenvalue weighted by molar-refractivity contribution is 5.99. The second kappa shape index (κ2) is 11.5. The molecule has 1 aromatic heterocycles. The Balaban J connectivity index is 1.52. The Bertz CT molecular complexity index is 922. The van der Waals surface area contributed by atoms with Crippen LogP contribution >= 0.6 is 0 Å². The molecule has 172 valence electrons. The summed E-state index contributed by atoms with van der Waals surface area (Å²) in [6.07, 6.45) is 4.60. The molecular weight excluding hydrogens is 413 g/mol. The molecule has 1 atom stereocenters. The molecule has 1 saturated heterocycles. The molecule has 1 aromatic carbocycles. The van der Waals surface area contributed by atoms with E-state index in [0.717, 1.165) is 43.6 Å². The Morgan fingerprint density at radius 2 is 2.09 bits per heavy atom. The number of aryl methyl sites for hydroxylation is 1. The van der Waals surface area contributed by atoms with Gasteiger partial charge in [-0.25, -0.2) is 14.7 Å². The van der Waals surface area contributed by atoms with Crippen LogP contribution in [-0.2, 0) is 16.2 Å². The van der Waals surface area contributed by atoms with Gasteiger partial charge in [0.15, 0.2) is 0 Å². The number of likely N-dealkylation sites (tertiary alicyclic amines) is 1. The summed E-state index contributed by atoms with van der Waals surface area (Å²) in [7, 11) is 0. The van der Waals surface area contributed by atoms with Gasteiger partial charge >= 0.3 is 6.03 Å². The van der Waals surface area contributed by atoms with Gasteiger partial charge in [-0.2, -0.15) is 0 Å². The quantitative estimate of drug-likeness (QED) is 0.426. The second-order valence-corrected chi connectivity index (χ2v) is 8.12.